The first kappa shape index (κ1) is 79.2. The van der Waals surface area contributed by atoms with Crippen LogP contribution in [0.15, 0.2) is 499 Å². The van der Waals surface area contributed by atoms with Gasteiger partial charge in [0.05, 0.1) is 66.7 Å². The van der Waals surface area contributed by atoms with E-state index in [2.05, 4.69) is 481 Å². The normalized spacial score (nSPS) is 11.8. The van der Waals surface area contributed by atoms with Crippen LogP contribution in [-0.4, -0.2) is 28.7 Å². The molecule has 20 aromatic carbocycles. The molecule has 0 radical (unpaired) electrons. The summed E-state index contributed by atoms with van der Waals surface area (Å²) in [5.41, 5.74) is 36.3. The molecule has 9 heterocycles. The van der Waals surface area contributed by atoms with Gasteiger partial charge in [-0.3, -0.25) is 0 Å². The van der Waals surface area contributed by atoms with Gasteiger partial charge in [-0.15, -0.1) is 0 Å². The highest BCUT2D eigenvalue weighted by molar-refractivity contribution is 6.21. The Morgan fingerprint density at radius 1 is 0.145 bits per heavy atom. The Morgan fingerprint density at radius 3 is 0.768 bits per heavy atom. The van der Waals surface area contributed by atoms with Gasteiger partial charge >= 0.3 is 0 Å². The second-order valence-corrected chi connectivity index (χ2v) is 35.5. The van der Waals surface area contributed by atoms with Crippen molar-refractivity contribution in [2.75, 3.05) is 0 Å². The molecule has 138 heavy (non-hydrogen) atoms. The minimum absolute atomic E-state index is 0.863. The molecule has 0 aliphatic carbocycles. The molecule has 9 heteroatoms. The van der Waals surface area contributed by atoms with Crippen molar-refractivity contribution in [1.82, 2.24) is 28.7 Å². The maximum absolute atomic E-state index is 6.67. The Kier molecular flexibility index (Phi) is 18.8. The van der Waals surface area contributed by atoms with Gasteiger partial charge < -0.3 is 27.0 Å². The van der Waals surface area contributed by atoms with Gasteiger partial charge in [-0.05, 0) is 189 Å². The van der Waals surface area contributed by atoms with E-state index in [4.69, 9.17) is 28.2 Å². The Bertz CT molecular complexity index is 9860. The van der Waals surface area contributed by atoms with E-state index < -0.39 is 0 Å². The fraction of sp³-hybridized carbons (Fsp3) is 0. The number of fused-ring (bicyclic) bond motifs is 21. The number of hydrogen-bond acceptors (Lipinski definition) is 6. The van der Waals surface area contributed by atoms with Crippen molar-refractivity contribution < 1.29 is 13.3 Å². The van der Waals surface area contributed by atoms with Crippen molar-refractivity contribution in [3.63, 3.8) is 0 Å². The van der Waals surface area contributed by atoms with Crippen molar-refractivity contribution in [3.05, 3.63) is 485 Å². The van der Waals surface area contributed by atoms with Gasteiger partial charge in [-0.1, -0.05) is 334 Å². The smallest absolute Gasteiger partial charge is 0.137 e. The molecule has 9 nitrogen and oxygen atoms in total. The Morgan fingerprint density at radius 2 is 0.413 bits per heavy atom. The van der Waals surface area contributed by atoms with Crippen LogP contribution in [0.2, 0.25) is 0 Å². The van der Waals surface area contributed by atoms with Gasteiger partial charge in [0.2, 0.25) is 0 Å². The fourth-order valence-corrected chi connectivity index (χ4v) is 21.3. The van der Waals surface area contributed by atoms with E-state index in [1.54, 1.807) is 0 Å². The van der Waals surface area contributed by atoms with Crippen LogP contribution < -0.4 is 0 Å². The molecule has 0 spiro atoms. The lowest BCUT2D eigenvalue weighted by Gasteiger charge is -2.12. The zero-order valence-electron chi connectivity index (χ0n) is 74.6. The van der Waals surface area contributed by atoms with Gasteiger partial charge in [-0.25, -0.2) is 15.0 Å². The van der Waals surface area contributed by atoms with E-state index in [9.17, 15) is 0 Å². The SMILES string of the molecule is c1ccc(-c2cc(-c3cccc4oc5cc(-n6c7ccccc7c7ccccc76)ccc5c34)c3ccccc3n2)cc1.c1ccc(-c2ccc3c(c2)c2ccccc2n3-c2ccc3c(c2)oc2cccc(-c4cc(-c5ccccc5)nc5ccccc45)c23)cc1.c1ccc(-c2ccc3c4ccccc4n(-c4ccc5c(c4)oc4cccc(-c6cc(-c7ccccc7)nc7ccccc67)c45)c3c2)cc1. The maximum atomic E-state index is 6.67. The molecular weight excluding hydrogens is 1680 g/mol. The van der Waals surface area contributed by atoms with Crippen LogP contribution in [0.25, 0.3) is 270 Å². The summed E-state index contributed by atoms with van der Waals surface area (Å²) in [5, 5.41) is 17.4. The third kappa shape index (κ3) is 13.3. The predicted octanol–water partition coefficient (Wildman–Crippen LogP) is 35.0. The van der Waals surface area contributed by atoms with Crippen LogP contribution in [0.1, 0.15) is 0 Å². The Labute approximate surface area is 792 Å². The molecule has 644 valence electrons. The molecule has 0 saturated carbocycles. The molecule has 0 atom stereocenters. The van der Waals surface area contributed by atoms with Crippen molar-refractivity contribution in [1.29, 1.82) is 0 Å². The molecule has 0 unspecified atom stereocenters. The van der Waals surface area contributed by atoms with Gasteiger partial charge in [0.1, 0.15) is 33.5 Å². The third-order valence-corrected chi connectivity index (χ3v) is 27.6. The number of pyridine rings is 3. The predicted molar refractivity (Wildman–Crippen MR) is 574 cm³/mol. The molecule has 0 saturated heterocycles. The number of para-hydroxylation sites is 7. The van der Waals surface area contributed by atoms with Crippen molar-refractivity contribution in [2.24, 2.45) is 0 Å². The highest BCUT2D eigenvalue weighted by atomic mass is 16.3. The molecule has 0 bridgehead atoms. The number of nitrogens with zero attached hydrogens (tertiary/aromatic N) is 6. The summed E-state index contributed by atoms with van der Waals surface area (Å²) < 4.78 is 27.0. The first-order valence-corrected chi connectivity index (χ1v) is 46.8. The molecule has 0 aliphatic rings. The number of furan rings is 3. The first-order valence-electron chi connectivity index (χ1n) is 46.8. The summed E-state index contributed by atoms with van der Waals surface area (Å²) >= 11 is 0. The second kappa shape index (κ2) is 32.7. The van der Waals surface area contributed by atoms with E-state index in [-0.39, 0.29) is 0 Å². The van der Waals surface area contributed by atoms with Crippen LogP contribution in [0.4, 0.5) is 0 Å². The number of aromatic nitrogens is 6. The summed E-state index contributed by atoms with van der Waals surface area (Å²) in [6, 6.07) is 171. The van der Waals surface area contributed by atoms with Crippen LogP contribution in [0.3, 0.4) is 0 Å². The summed E-state index contributed by atoms with van der Waals surface area (Å²) in [4.78, 5) is 15.1. The molecule has 0 amide bonds. The van der Waals surface area contributed by atoms with E-state index in [1.165, 1.54) is 87.7 Å². The van der Waals surface area contributed by atoms with Crippen molar-refractivity contribution in [3.8, 4) is 106 Å². The second-order valence-electron chi connectivity index (χ2n) is 35.5. The summed E-state index contributed by atoms with van der Waals surface area (Å²) in [6.07, 6.45) is 0. The first-order chi connectivity index (χ1) is 68.4. The zero-order valence-corrected chi connectivity index (χ0v) is 74.6. The highest BCUT2D eigenvalue weighted by Crippen LogP contribution is 2.48. The van der Waals surface area contributed by atoms with Gasteiger partial charge in [0.15, 0.2) is 0 Å². The largest absolute Gasteiger partial charge is 0.456 e. The highest BCUT2D eigenvalue weighted by Gasteiger charge is 2.25. The minimum Gasteiger partial charge on any atom is -0.456 e. The maximum Gasteiger partial charge on any atom is 0.137 e. The van der Waals surface area contributed by atoms with E-state index in [0.29, 0.717) is 0 Å². The van der Waals surface area contributed by atoms with E-state index >= 15 is 0 Å². The average molecular weight is 1760 g/mol. The lowest BCUT2D eigenvalue weighted by Crippen LogP contribution is -1.93. The summed E-state index contributed by atoms with van der Waals surface area (Å²) in [7, 11) is 0. The lowest BCUT2D eigenvalue weighted by molar-refractivity contribution is 0.668. The molecular formula is C129H80N6O3. The molecule has 0 aliphatic heterocycles. The van der Waals surface area contributed by atoms with Crippen molar-refractivity contribution >= 4 is 164 Å². The standard InChI is InChI=1S/2C45H28N2O.C39H24N2O/c1-3-12-29(13-4-1)31-22-25-42-38(26-31)34-17-8-10-20-41(34)47(42)32-23-24-36-44(27-32)48-43-21-11-18-35(45(36)43)37-28-40(30-14-5-2-6-15-30)46-39-19-9-7-16-33(37)39;1-3-12-29(13-4-1)31-22-24-35-34-17-8-10-20-41(34)47(42(35)26-31)32-23-25-37-44(27-32)48-43-21-11-18-36(45(37)43)38-28-40(30-14-5-2-6-15-30)46-39-19-9-7-16-33(38)39;1-2-11-25(12-3-1)34-24-32(27-13-4-7-17-33(27)40-34)30-16-10-20-37-39(30)31-22-21-26(23-38(31)42-37)41-35-18-8-5-14-28(35)29-15-6-9-19-36(29)41/h2*1-28H;1-24H. The van der Waals surface area contributed by atoms with E-state index in [1.807, 2.05) is 18.2 Å². The van der Waals surface area contributed by atoms with Crippen LogP contribution in [0.5, 0.6) is 0 Å². The lowest BCUT2D eigenvalue weighted by atomic mass is 9.94. The zero-order chi connectivity index (χ0) is 90.8. The van der Waals surface area contributed by atoms with Gasteiger partial charge in [0.25, 0.3) is 0 Å². The fourth-order valence-electron chi connectivity index (χ4n) is 21.3. The molecule has 29 rings (SSSR count). The van der Waals surface area contributed by atoms with Crippen LogP contribution in [-0.2, 0) is 0 Å². The Balaban J connectivity index is 0.000000105. The molecule has 29 aromatic rings. The van der Waals surface area contributed by atoms with E-state index in [0.717, 1.165) is 183 Å². The molecule has 0 fully saturated rings. The average Bonchev–Trinajstić information content (AvgIpc) is 1.56. The molecule has 9 aromatic heterocycles. The number of rotatable bonds is 11. The third-order valence-electron chi connectivity index (χ3n) is 27.6. The van der Waals surface area contributed by atoms with Gasteiger partial charge in [0, 0.05) is 133 Å². The van der Waals surface area contributed by atoms with Crippen LogP contribution >= 0.6 is 0 Å². The van der Waals surface area contributed by atoms with Crippen LogP contribution in [0, 0.1) is 0 Å². The number of hydrogen-bond donors (Lipinski definition) is 0. The molecule has 0 N–H and O–H groups in total. The quantitative estimate of drug-likeness (QED) is 0.128. The minimum atomic E-state index is 0.863. The van der Waals surface area contributed by atoms with Crippen molar-refractivity contribution in [2.45, 2.75) is 0 Å². The van der Waals surface area contributed by atoms with Gasteiger partial charge in [-0.2, -0.15) is 0 Å². The summed E-state index contributed by atoms with van der Waals surface area (Å²) in [6.45, 7) is 0. The number of benzene rings is 20. The topological polar surface area (TPSA) is 92.9 Å². The Hall–Kier alpha value is -18.6. The monoisotopic (exact) mass is 1760 g/mol. The summed E-state index contributed by atoms with van der Waals surface area (Å²) in [5.74, 6) is 0.